The number of allylic oxidation sites excluding steroid dienone is 2. The first-order chi connectivity index (χ1) is 16.5. The molecule has 2 atom stereocenters. The van der Waals surface area contributed by atoms with E-state index >= 15 is 0 Å². The summed E-state index contributed by atoms with van der Waals surface area (Å²) in [4.78, 5) is 40.0. The van der Waals surface area contributed by atoms with Gasteiger partial charge in [-0.3, -0.25) is 14.5 Å². The Morgan fingerprint density at radius 1 is 1.12 bits per heavy atom. The van der Waals surface area contributed by atoms with Crippen molar-refractivity contribution in [3.05, 3.63) is 89.1 Å². The van der Waals surface area contributed by atoms with Crippen molar-refractivity contribution >= 4 is 29.5 Å². The molecule has 34 heavy (non-hydrogen) atoms. The van der Waals surface area contributed by atoms with E-state index in [1.165, 1.54) is 16.7 Å². The van der Waals surface area contributed by atoms with Crippen LogP contribution in [0.1, 0.15) is 18.1 Å². The number of nitrogens with zero attached hydrogens (tertiary/aromatic N) is 1. The Bertz CT molecular complexity index is 1130. The number of ether oxygens (including phenoxy) is 2. The minimum Gasteiger partial charge on any atom is -0.497 e. The average Bonchev–Trinajstić information content (AvgIpc) is 2.86. The second-order valence-corrected chi connectivity index (χ2v) is 9.02. The van der Waals surface area contributed by atoms with Crippen LogP contribution in [0.15, 0.2) is 78.0 Å². The molecule has 8 heteroatoms. The maximum atomic E-state index is 13.1. The summed E-state index contributed by atoms with van der Waals surface area (Å²) in [5, 5.41) is 2.49. The fraction of sp³-hybridized carbons (Fsp3) is 0.269. The van der Waals surface area contributed by atoms with Gasteiger partial charge in [-0.15, -0.1) is 11.8 Å². The average molecular weight is 479 g/mol. The summed E-state index contributed by atoms with van der Waals surface area (Å²) in [6, 6.07) is 15.9. The van der Waals surface area contributed by atoms with Crippen molar-refractivity contribution in [2.45, 2.75) is 31.4 Å². The number of esters is 1. The van der Waals surface area contributed by atoms with Crippen LogP contribution in [0.3, 0.4) is 0 Å². The fourth-order valence-corrected chi connectivity index (χ4v) is 5.22. The molecule has 0 bridgehead atoms. The van der Waals surface area contributed by atoms with Crippen LogP contribution in [0, 0.1) is 0 Å². The summed E-state index contributed by atoms with van der Waals surface area (Å²) in [6.45, 7) is 1.93. The highest BCUT2D eigenvalue weighted by Gasteiger charge is 2.54. The number of thioether (sulfide) groups is 1. The predicted octanol–water partition coefficient (Wildman–Crippen LogP) is 3.21. The molecule has 7 nitrogen and oxygen atoms in total. The molecule has 2 heterocycles. The molecule has 2 amide bonds. The molecule has 0 saturated carbocycles. The zero-order chi connectivity index (χ0) is 24.1. The van der Waals surface area contributed by atoms with Gasteiger partial charge in [0.15, 0.2) is 0 Å². The van der Waals surface area contributed by atoms with E-state index in [9.17, 15) is 14.4 Å². The second-order valence-electron chi connectivity index (χ2n) is 7.92. The smallest absolute Gasteiger partial charge is 0.355 e. The molecule has 0 aromatic heterocycles. The molecule has 176 valence electrons. The molecule has 1 N–H and O–H groups in total. The highest BCUT2D eigenvalue weighted by molar-refractivity contribution is 8.00. The number of β-lactam (4-membered cyclic amide) rings is 1. The first kappa shape index (κ1) is 23.6. The molecule has 1 fully saturated rings. The van der Waals surface area contributed by atoms with E-state index in [1.54, 1.807) is 19.2 Å². The molecular weight excluding hydrogens is 452 g/mol. The zero-order valence-corrected chi connectivity index (χ0v) is 19.8. The van der Waals surface area contributed by atoms with Crippen molar-refractivity contribution in [2.75, 3.05) is 12.9 Å². The highest BCUT2D eigenvalue weighted by Crippen LogP contribution is 2.41. The first-order valence-electron chi connectivity index (χ1n) is 11.0. The molecule has 2 aliphatic rings. The second kappa shape index (κ2) is 10.6. The van der Waals surface area contributed by atoms with Gasteiger partial charge in [0.05, 0.1) is 13.5 Å². The standard InChI is InChI=1S/C26H26N2O5S/c1-3-7-19-16-34-25-22(27-21(29)14-17-8-5-4-6-9-17)24(30)28(25)23(19)26(31)33-15-18-10-12-20(32-2)13-11-18/h3-13,22,25H,14-16H2,1-2H3,(H,27,29)/b7-3+/t22-,25-/m1/s1. The van der Waals surface area contributed by atoms with E-state index < -0.39 is 12.0 Å². The lowest BCUT2D eigenvalue weighted by molar-refractivity contribution is -0.153. The van der Waals surface area contributed by atoms with Gasteiger partial charge in [-0.05, 0) is 35.8 Å². The van der Waals surface area contributed by atoms with E-state index in [2.05, 4.69) is 5.32 Å². The Morgan fingerprint density at radius 2 is 1.85 bits per heavy atom. The van der Waals surface area contributed by atoms with Gasteiger partial charge in [-0.25, -0.2) is 4.79 Å². The Hall–Kier alpha value is -3.52. The van der Waals surface area contributed by atoms with E-state index in [-0.39, 0.29) is 35.9 Å². The number of fused-ring (bicyclic) bond motifs is 1. The molecule has 2 aromatic carbocycles. The number of rotatable bonds is 8. The molecule has 0 aliphatic carbocycles. The quantitative estimate of drug-likeness (QED) is 0.463. The van der Waals surface area contributed by atoms with Gasteiger partial charge in [0.25, 0.3) is 5.91 Å². The van der Waals surface area contributed by atoms with Crippen LogP contribution in [0.2, 0.25) is 0 Å². The van der Waals surface area contributed by atoms with Gasteiger partial charge in [0.1, 0.15) is 29.5 Å². The number of benzene rings is 2. The third kappa shape index (κ3) is 5.02. The van der Waals surface area contributed by atoms with Crippen LogP contribution < -0.4 is 10.1 Å². The molecule has 2 aliphatic heterocycles. The van der Waals surface area contributed by atoms with Crippen molar-refractivity contribution in [1.29, 1.82) is 0 Å². The summed E-state index contributed by atoms with van der Waals surface area (Å²) >= 11 is 1.52. The zero-order valence-electron chi connectivity index (χ0n) is 19.0. The van der Waals surface area contributed by atoms with Gasteiger partial charge in [-0.2, -0.15) is 0 Å². The maximum absolute atomic E-state index is 13.1. The SMILES string of the molecule is C/C=C/C1=C(C(=O)OCc2ccc(OC)cc2)N2C(=O)[C@@H](NC(=O)Cc3ccccc3)[C@H]2SC1. The number of amides is 2. The molecular formula is C26H26N2O5S. The minimum atomic E-state index is -0.669. The van der Waals surface area contributed by atoms with Gasteiger partial charge in [-0.1, -0.05) is 54.6 Å². The highest BCUT2D eigenvalue weighted by atomic mass is 32.2. The van der Waals surface area contributed by atoms with E-state index in [0.29, 0.717) is 11.5 Å². The number of hydrogen-bond donors (Lipinski definition) is 1. The van der Waals surface area contributed by atoms with Crippen molar-refractivity contribution in [2.24, 2.45) is 0 Å². The van der Waals surface area contributed by atoms with Crippen LogP contribution >= 0.6 is 11.8 Å². The predicted molar refractivity (Wildman–Crippen MR) is 130 cm³/mol. The maximum Gasteiger partial charge on any atom is 0.355 e. The monoisotopic (exact) mass is 478 g/mol. The van der Waals surface area contributed by atoms with Gasteiger partial charge >= 0.3 is 5.97 Å². The Labute approximate surface area is 202 Å². The topological polar surface area (TPSA) is 84.9 Å². The van der Waals surface area contributed by atoms with Crippen LogP contribution in [-0.4, -0.2) is 47.0 Å². The lowest BCUT2D eigenvalue weighted by Crippen LogP contribution is -2.70. The van der Waals surface area contributed by atoms with Gasteiger partial charge < -0.3 is 14.8 Å². The van der Waals surface area contributed by atoms with E-state index in [1.807, 2.05) is 61.5 Å². The summed E-state index contributed by atoms with van der Waals surface area (Å²) in [5.41, 5.74) is 2.66. The normalized spacial score (nSPS) is 19.5. The number of carbonyl (C=O) groups is 3. The first-order valence-corrected chi connectivity index (χ1v) is 12.0. The lowest BCUT2D eigenvalue weighted by atomic mass is 10.0. The molecule has 1 saturated heterocycles. The lowest BCUT2D eigenvalue weighted by Gasteiger charge is -2.49. The minimum absolute atomic E-state index is 0.0759. The summed E-state index contributed by atoms with van der Waals surface area (Å²) < 4.78 is 10.7. The van der Waals surface area contributed by atoms with Crippen molar-refractivity contribution < 1.29 is 23.9 Å². The summed E-state index contributed by atoms with van der Waals surface area (Å²) in [5.74, 6) is 0.161. The number of hydrogen-bond acceptors (Lipinski definition) is 6. The van der Waals surface area contributed by atoms with Gasteiger partial charge in [0.2, 0.25) is 5.91 Å². The Balaban J connectivity index is 1.44. The van der Waals surface area contributed by atoms with Gasteiger partial charge in [0, 0.05) is 5.75 Å². The number of carbonyl (C=O) groups excluding carboxylic acids is 3. The molecule has 0 spiro atoms. The third-order valence-electron chi connectivity index (χ3n) is 5.61. The molecule has 0 unspecified atom stereocenters. The summed E-state index contributed by atoms with van der Waals surface area (Å²) in [6.07, 6.45) is 3.84. The van der Waals surface area contributed by atoms with Crippen molar-refractivity contribution in [3.63, 3.8) is 0 Å². The van der Waals surface area contributed by atoms with Crippen LogP contribution in [0.5, 0.6) is 5.75 Å². The van der Waals surface area contributed by atoms with Crippen LogP contribution in [-0.2, 0) is 32.1 Å². The van der Waals surface area contributed by atoms with E-state index in [0.717, 1.165) is 16.7 Å². The number of methoxy groups -OCH3 is 1. The molecule has 4 rings (SSSR count). The largest absolute Gasteiger partial charge is 0.497 e. The summed E-state index contributed by atoms with van der Waals surface area (Å²) in [7, 11) is 1.59. The molecule has 2 aromatic rings. The fourth-order valence-electron chi connectivity index (χ4n) is 3.91. The molecule has 0 radical (unpaired) electrons. The Kier molecular flexibility index (Phi) is 7.37. The van der Waals surface area contributed by atoms with Crippen LogP contribution in [0.4, 0.5) is 0 Å². The number of nitrogens with one attached hydrogen (secondary N) is 1. The Morgan fingerprint density at radius 3 is 2.53 bits per heavy atom. The third-order valence-corrected chi connectivity index (χ3v) is 6.91. The van der Waals surface area contributed by atoms with Crippen molar-refractivity contribution in [3.8, 4) is 5.75 Å². The van der Waals surface area contributed by atoms with Crippen molar-refractivity contribution in [1.82, 2.24) is 10.2 Å². The van der Waals surface area contributed by atoms with E-state index in [4.69, 9.17) is 9.47 Å². The van der Waals surface area contributed by atoms with Crippen LogP contribution in [0.25, 0.3) is 0 Å².